The van der Waals surface area contributed by atoms with E-state index in [-0.39, 0.29) is 50.0 Å². The van der Waals surface area contributed by atoms with Crippen LogP contribution in [-0.4, -0.2) is 48.7 Å². The number of cyclic esters (lactones) is 1. The van der Waals surface area contributed by atoms with Gasteiger partial charge in [-0.05, 0) is 32.6 Å². The van der Waals surface area contributed by atoms with Crippen LogP contribution in [0.15, 0.2) is 12.2 Å². The van der Waals surface area contributed by atoms with E-state index in [2.05, 4.69) is 10.6 Å². The van der Waals surface area contributed by atoms with Crippen molar-refractivity contribution in [2.75, 3.05) is 19.8 Å². The summed E-state index contributed by atoms with van der Waals surface area (Å²) in [6.07, 6.45) is 7.32. The largest absolute Gasteiger partial charge is 0.464 e. The van der Waals surface area contributed by atoms with Gasteiger partial charge in [-0.15, -0.1) is 0 Å². The maximum absolute atomic E-state index is 12.2. The minimum Gasteiger partial charge on any atom is -0.464 e. The smallest absolute Gasteiger partial charge is 0.305 e. The molecule has 0 aliphatic carbocycles. The predicted octanol–water partition coefficient (Wildman–Crippen LogP) is 0.669. The molecule has 0 saturated carbocycles. The number of rotatable bonds is 4. The predicted molar refractivity (Wildman–Crippen MR) is 89.0 cm³/mol. The number of nitrogens with one attached hydrogen (secondary N) is 2. The topological polar surface area (TPSA) is 105 Å². The first-order valence-electron chi connectivity index (χ1n) is 8.51. The first-order chi connectivity index (χ1) is 11.5. The first-order valence-corrected chi connectivity index (χ1v) is 8.51. The lowest BCUT2D eigenvalue weighted by molar-refractivity contribution is -0.144. The quantitative estimate of drug-likeness (QED) is 0.515. The molecule has 1 heterocycles. The van der Waals surface area contributed by atoms with E-state index in [1.807, 2.05) is 12.2 Å². The highest BCUT2D eigenvalue weighted by atomic mass is 16.5. The fourth-order valence-electron chi connectivity index (χ4n) is 2.35. The van der Waals surface area contributed by atoms with Gasteiger partial charge in [-0.3, -0.25) is 14.4 Å². The number of hydrogen-bond acceptors (Lipinski definition) is 5. The summed E-state index contributed by atoms with van der Waals surface area (Å²) in [5.74, 6) is -1.23. The SMILES string of the molecule is CC(CO)NC(=O)CC1CC=CCCCCC(=O)OCCNC1=O. The van der Waals surface area contributed by atoms with Crippen LogP contribution in [-0.2, 0) is 19.1 Å². The Bertz CT molecular complexity index is 450. The minimum atomic E-state index is -0.481. The number of aliphatic hydroxyl groups excluding tert-OH is 1. The van der Waals surface area contributed by atoms with Crippen LogP contribution in [0.4, 0.5) is 0 Å². The number of ether oxygens (including phenoxy) is 1. The molecule has 3 N–H and O–H groups in total. The summed E-state index contributed by atoms with van der Waals surface area (Å²) in [6.45, 7) is 1.92. The van der Waals surface area contributed by atoms with Gasteiger partial charge in [0.1, 0.15) is 6.61 Å². The molecule has 7 heteroatoms. The van der Waals surface area contributed by atoms with E-state index >= 15 is 0 Å². The molecule has 0 aromatic carbocycles. The summed E-state index contributed by atoms with van der Waals surface area (Å²) in [4.78, 5) is 35.6. The normalized spacial score (nSPS) is 22.0. The van der Waals surface area contributed by atoms with Crippen LogP contribution < -0.4 is 10.6 Å². The van der Waals surface area contributed by atoms with Crippen molar-refractivity contribution >= 4 is 17.8 Å². The second-order valence-corrected chi connectivity index (χ2v) is 6.02. The molecule has 136 valence electrons. The third-order valence-corrected chi connectivity index (χ3v) is 3.74. The molecule has 2 amide bonds. The fourth-order valence-corrected chi connectivity index (χ4v) is 2.35. The van der Waals surface area contributed by atoms with Crippen molar-refractivity contribution in [2.45, 2.75) is 51.5 Å². The molecule has 24 heavy (non-hydrogen) atoms. The van der Waals surface area contributed by atoms with Gasteiger partial charge in [-0.1, -0.05) is 12.2 Å². The van der Waals surface area contributed by atoms with Gasteiger partial charge < -0.3 is 20.5 Å². The van der Waals surface area contributed by atoms with Crippen LogP contribution in [0, 0.1) is 5.92 Å². The minimum absolute atomic E-state index is 0.0559. The Morgan fingerprint density at radius 3 is 2.96 bits per heavy atom. The van der Waals surface area contributed by atoms with Crippen molar-refractivity contribution in [1.29, 1.82) is 0 Å². The van der Waals surface area contributed by atoms with Crippen LogP contribution >= 0.6 is 0 Å². The molecule has 1 aliphatic rings. The maximum Gasteiger partial charge on any atom is 0.305 e. The lowest BCUT2D eigenvalue weighted by Crippen LogP contribution is -2.39. The highest BCUT2D eigenvalue weighted by molar-refractivity contribution is 5.86. The van der Waals surface area contributed by atoms with Crippen LogP contribution in [0.3, 0.4) is 0 Å². The van der Waals surface area contributed by atoms with Crippen molar-refractivity contribution in [3.63, 3.8) is 0 Å². The van der Waals surface area contributed by atoms with Crippen LogP contribution in [0.5, 0.6) is 0 Å². The van der Waals surface area contributed by atoms with E-state index in [0.29, 0.717) is 12.8 Å². The van der Waals surface area contributed by atoms with Crippen LogP contribution in [0.1, 0.15) is 45.4 Å². The molecule has 2 unspecified atom stereocenters. The third kappa shape index (κ3) is 8.67. The highest BCUT2D eigenvalue weighted by Gasteiger charge is 2.21. The Labute approximate surface area is 142 Å². The molecule has 1 aliphatic heterocycles. The van der Waals surface area contributed by atoms with Crippen molar-refractivity contribution in [3.8, 4) is 0 Å². The Kier molecular flexibility index (Phi) is 9.76. The lowest BCUT2D eigenvalue weighted by atomic mass is 9.98. The van der Waals surface area contributed by atoms with Gasteiger partial charge in [0, 0.05) is 18.9 Å². The van der Waals surface area contributed by atoms with E-state index in [4.69, 9.17) is 9.84 Å². The Morgan fingerprint density at radius 2 is 2.21 bits per heavy atom. The van der Waals surface area contributed by atoms with E-state index in [1.54, 1.807) is 6.92 Å². The molecule has 7 nitrogen and oxygen atoms in total. The van der Waals surface area contributed by atoms with Crippen LogP contribution in [0.2, 0.25) is 0 Å². The second kappa shape index (κ2) is 11.6. The summed E-state index contributed by atoms with van der Waals surface area (Å²) < 4.78 is 5.04. The maximum atomic E-state index is 12.2. The number of esters is 1. The first kappa shape index (κ1) is 20.2. The second-order valence-electron chi connectivity index (χ2n) is 6.02. The molecular weight excluding hydrogens is 312 g/mol. The average molecular weight is 340 g/mol. The van der Waals surface area contributed by atoms with Gasteiger partial charge in [0.25, 0.3) is 0 Å². The van der Waals surface area contributed by atoms with Crippen molar-refractivity contribution in [3.05, 3.63) is 12.2 Å². The molecule has 1 rings (SSSR count). The summed E-state index contributed by atoms with van der Waals surface area (Å²) in [7, 11) is 0. The molecule has 0 spiro atoms. The van der Waals surface area contributed by atoms with E-state index < -0.39 is 5.92 Å². The van der Waals surface area contributed by atoms with E-state index in [9.17, 15) is 14.4 Å². The zero-order chi connectivity index (χ0) is 17.8. The van der Waals surface area contributed by atoms with Gasteiger partial charge in [0.05, 0.1) is 19.1 Å². The average Bonchev–Trinajstić information content (AvgIpc) is 2.55. The Hall–Kier alpha value is -1.89. The van der Waals surface area contributed by atoms with Gasteiger partial charge in [0.15, 0.2) is 0 Å². The molecule has 0 radical (unpaired) electrons. The van der Waals surface area contributed by atoms with E-state index in [0.717, 1.165) is 19.3 Å². The summed E-state index contributed by atoms with van der Waals surface area (Å²) >= 11 is 0. The molecule has 0 aromatic heterocycles. The Morgan fingerprint density at radius 1 is 1.42 bits per heavy atom. The molecule has 0 aromatic rings. The van der Waals surface area contributed by atoms with E-state index in [1.165, 1.54) is 0 Å². The lowest BCUT2D eigenvalue weighted by Gasteiger charge is -2.17. The number of carbonyl (C=O) groups excluding carboxylic acids is 3. The van der Waals surface area contributed by atoms with Crippen molar-refractivity contribution in [2.24, 2.45) is 5.92 Å². The van der Waals surface area contributed by atoms with Gasteiger partial charge >= 0.3 is 5.97 Å². The van der Waals surface area contributed by atoms with Gasteiger partial charge in [-0.25, -0.2) is 0 Å². The van der Waals surface area contributed by atoms with Gasteiger partial charge in [0.2, 0.25) is 11.8 Å². The zero-order valence-corrected chi connectivity index (χ0v) is 14.3. The zero-order valence-electron chi connectivity index (χ0n) is 14.3. The molecule has 0 bridgehead atoms. The highest BCUT2D eigenvalue weighted by Crippen LogP contribution is 2.12. The summed E-state index contributed by atoms with van der Waals surface area (Å²) in [6, 6.07) is -0.339. The monoisotopic (exact) mass is 340 g/mol. The molecule has 0 fully saturated rings. The van der Waals surface area contributed by atoms with Gasteiger partial charge in [-0.2, -0.15) is 0 Å². The summed E-state index contributed by atoms with van der Waals surface area (Å²) in [5, 5.41) is 14.3. The number of aliphatic hydroxyl groups is 1. The number of carbonyl (C=O) groups is 3. The molecule has 2 atom stereocenters. The standard InChI is InChI=1S/C17H28N2O5/c1-13(12-20)19-15(21)11-14-7-5-3-2-4-6-8-16(22)24-10-9-18-17(14)23/h3,5,13-14,20H,2,4,6-12H2,1H3,(H,18,23)(H,19,21). The molecule has 0 saturated heterocycles. The van der Waals surface area contributed by atoms with Crippen LogP contribution in [0.25, 0.3) is 0 Å². The number of allylic oxidation sites excluding steroid dienone is 2. The molecular formula is C17H28N2O5. The number of amides is 2. The van der Waals surface area contributed by atoms with Crippen molar-refractivity contribution in [1.82, 2.24) is 10.6 Å². The number of hydrogen-bond donors (Lipinski definition) is 3. The Balaban J connectivity index is 2.61. The summed E-state index contributed by atoms with van der Waals surface area (Å²) in [5.41, 5.74) is 0. The third-order valence-electron chi connectivity index (χ3n) is 3.74. The fraction of sp³-hybridized carbons (Fsp3) is 0.706. The van der Waals surface area contributed by atoms with Crippen molar-refractivity contribution < 1.29 is 24.2 Å².